The van der Waals surface area contributed by atoms with Crippen LogP contribution >= 0.6 is 0 Å². The van der Waals surface area contributed by atoms with Gasteiger partial charge in [-0.1, -0.05) is 12.1 Å². The summed E-state index contributed by atoms with van der Waals surface area (Å²) in [4.78, 5) is 27.5. The second-order valence-corrected chi connectivity index (χ2v) is 6.65. The summed E-state index contributed by atoms with van der Waals surface area (Å²) >= 11 is 0. The highest BCUT2D eigenvalue weighted by Gasteiger charge is 2.21. The molecule has 28 heavy (non-hydrogen) atoms. The Labute approximate surface area is 165 Å². The first-order valence-electron chi connectivity index (χ1n) is 9.64. The van der Waals surface area contributed by atoms with E-state index in [0.29, 0.717) is 34.9 Å². The molecule has 6 nitrogen and oxygen atoms in total. The number of nitrogens with zero attached hydrogens (tertiary/aromatic N) is 1. The minimum atomic E-state index is -0.305. The molecule has 2 aromatic carbocycles. The first-order chi connectivity index (χ1) is 13.6. The Balaban J connectivity index is 1.80. The van der Waals surface area contributed by atoms with Crippen LogP contribution in [0.5, 0.6) is 11.5 Å². The standard InChI is InChI=1S/C22H26N2O4/c1-3-28-19-12-11-16(15-20(19)27-2)21(25)23-18-10-6-5-9-17(18)22(26)24-13-7-4-8-14-24/h5-6,9-12,15H,3-4,7-8,13-14H2,1-2H3,(H,23,25). The number of rotatable bonds is 6. The fourth-order valence-corrected chi connectivity index (χ4v) is 3.32. The maximum atomic E-state index is 12.9. The van der Waals surface area contributed by atoms with Gasteiger partial charge in [-0.15, -0.1) is 0 Å². The van der Waals surface area contributed by atoms with Gasteiger partial charge in [0.25, 0.3) is 11.8 Å². The van der Waals surface area contributed by atoms with Crippen molar-refractivity contribution in [2.45, 2.75) is 26.2 Å². The number of ether oxygens (including phenoxy) is 2. The molecule has 0 aliphatic carbocycles. The molecule has 1 fully saturated rings. The van der Waals surface area contributed by atoms with Crippen molar-refractivity contribution >= 4 is 17.5 Å². The summed E-state index contributed by atoms with van der Waals surface area (Å²) in [7, 11) is 1.53. The molecule has 0 spiro atoms. The van der Waals surface area contributed by atoms with Crippen molar-refractivity contribution in [2.75, 3.05) is 32.1 Å². The van der Waals surface area contributed by atoms with E-state index in [-0.39, 0.29) is 11.8 Å². The summed E-state index contributed by atoms with van der Waals surface area (Å²) < 4.78 is 10.8. The number of likely N-dealkylation sites (tertiary alicyclic amines) is 1. The lowest BCUT2D eigenvalue weighted by molar-refractivity contribution is 0.0725. The van der Waals surface area contributed by atoms with Gasteiger partial charge in [-0.25, -0.2) is 0 Å². The SMILES string of the molecule is CCOc1ccc(C(=O)Nc2ccccc2C(=O)N2CCCCC2)cc1OC. The predicted molar refractivity (Wildman–Crippen MR) is 108 cm³/mol. The molecule has 148 valence electrons. The number of hydrogen-bond donors (Lipinski definition) is 1. The Morgan fingerprint density at radius 2 is 1.79 bits per heavy atom. The second-order valence-electron chi connectivity index (χ2n) is 6.65. The van der Waals surface area contributed by atoms with E-state index in [0.717, 1.165) is 32.4 Å². The highest BCUT2D eigenvalue weighted by Crippen LogP contribution is 2.29. The number of anilines is 1. The largest absolute Gasteiger partial charge is 0.493 e. The van der Waals surface area contributed by atoms with Crippen LogP contribution in [0.2, 0.25) is 0 Å². The number of piperidine rings is 1. The number of para-hydroxylation sites is 1. The van der Waals surface area contributed by atoms with Crippen molar-refractivity contribution in [1.82, 2.24) is 4.90 Å². The maximum Gasteiger partial charge on any atom is 0.255 e. The Hall–Kier alpha value is -3.02. The molecule has 1 saturated heterocycles. The van der Waals surface area contributed by atoms with Crippen LogP contribution < -0.4 is 14.8 Å². The third-order valence-electron chi connectivity index (χ3n) is 4.77. The minimum Gasteiger partial charge on any atom is -0.493 e. The number of amides is 2. The number of nitrogens with one attached hydrogen (secondary N) is 1. The fourth-order valence-electron chi connectivity index (χ4n) is 3.32. The van der Waals surface area contributed by atoms with Gasteiger partial charge in [0.2, 0.25) is 0 Å². The zero-order valence-corrected chi connectivity index (χ0v) is 16.4. The van der Waals surface area contributed by atoms with E-state index in [2.05, 4.69) is 5.32 Å². The highest BCUT2D eigenvalue weighted by molar-refractivity contribution is 6.09. The Kier molecular flexibility index (Phi) is 6.53. The highest BCUT2D eigenvalue weighted by atomic mass is 16.5. The summed E-state index contributed by atoms with van der Waals surface area (Å²) in [6, 6.07) is 12.1. The summed E-state index contributed by atoms with van der Waals surface area (Å²) in [5.74, 6) is 0.731. The normalized spacial score (nSPS) is 13.7. The molecule has 0 atom stereocenters. The van der Waals surface area contributed by atoms with Gasteiger partial charge >= 0.3 is 0 Å². The molecule has 1 N–H and O–H groups in total. The number of methoxy groups -OCH3 is 1. The molecule has 1 aliphatic rings. The first kappa shape index (κ1) is 19.7. The smallest absolute Gasteiger partial charge is 0.255 e. The van der Waals surface area contributed by atoms with Crippen LogP contribution in [0.15, 0.2) is 42.5 Å². The van der Waals surface area contributed by atoms with E-state index in [1.807, 2.05) is 17.9 Å². The van der Waals surface area contributed by atoms with Gasteiger partial charge in [-0.2, -0.15) is 0 Å². The average Bonchev–Trinajstić information content (AvgIpc) is 2.74. The van der Waals surface area contributed by atoms with Crippen LogP contribution in [0.25, 0.3) is 0 Å². The van der Waals surface area contributed by atoms with Crippen molar-refractivity contribution in [3.05, 3.63) is 53.6 Å². The van der Waals surface area contributed by atoms with Crippen molar-refractivity contribution in [3.8, 4) is 11.5 Å². The molecular formula is C22H26N2O4. The molecule has 0 saturated carbocycles. The molecule has 2 amide bonds. The summed E-state index contributed by atoms with van der Waals surface area (Å²) in [6.45, 7) is 3.92. The van der Waals surface area contributed by atoms with Crippen LogP contribution in [0.3, 0.4) is 0 Å². The Morgan fingerprint density at radius 1 is 1.04 bits per heavy atom. The Morgan fingerprint density at radius 3 is 2.50 bits per heavy atom. The molecule has 1 aliphatic heterocycles. The lowest BCUT2D eigenvalue weighted by Gasteiger charge is -2.27. The van der Waals surface area contributed by atoms with Crippen molar-refractivity contribution in [2.24, 2.45) is 0 Å². The average molecular weight is 382 g/mol. The number of carbonyl (C=O) groups is 2. The van der Waals surface area contributed by atoms with Gasteiger partial charge in [0.15, 0.2) is 11.5 Å². The van der Waals surface area contributed by atoms with Crippen LogP contribution in [0.1, 0.15) is 46.9 Å². The molecule has 1 heterocycles. The molecule has 0 radical (unpaired) electrons. The van der Waals surface area contributed by atoms with Crippen molar-refractivity contribution in [1.29, 1.82) is 0 Å². The predicted octanol–water partition coefficient (Wildman–Crippen LogP) is 3.97. The van der Waals surface area contributed by atoms with Gasteiger partial charge in [-0.05, 0) is 56.5 Å². The number of carbonyl (C=O) groups excluding carboxylic acids is 2. The molecule has 0 unspecified atom stereocenters. The molecule has 0 aromatic heterocycles. The van der Waals surface area contributed by atoms with Crippen LogP contribution in [0.4, 0.5) is 5.69 Å². The van der Waals surface area contributed by atoms with E-state index in [4.69, 9.17) is 9.47 Å². The zero-order valence-electron chi connectivity index (χ0n) is 16.4. The summed E-state index contributed by atoms with van der Waals surface area (Å²) in [6.07, 6.45) is 3.19. The first-order valence-corrected chi connectivity index (χ1v) is 9.64. The van der Waals surface area contributed by atoms with Gasteiger partial charge < -0.3 is 19.7 Å². The van der Waals surface area contributed by atoms with E-state index in [1.165, 1.54) is 7.11 Å². The number of hydrogen-bond acceptors (Lipinski definition) is 4. The molecule has 2 aromatic rings. The molecule has 3 rings (SSSR count). The van der Waals surface area contributed by atoms with Crippen LogP contribution in [-0.2, 0) is 0 Å². The summed E-state index contributed by atoms with van der Waals surface area (Å²) in [5.41, 5.74) is 1.45. The van der Waals surface area contributed by atoms with E-state index in [1.54, 1.807) is 36.4 Å². The zero-order chi connectivity index (χ0) is 19.9. The lowest BCUT2D eigenvalue weighted by Crippen LogP contribution is -2.36. The van der Waals surface area contributed by atoms with Gasteiger partial charge in [0.05, 0.1) is 25.0 Å². The maximum absolute atomic E-state index is 12.9. The quantitative estimate of drug-likeness (QED) is 0.821. The topological polar surface area (TPSA) is 67.9 Å². The van der Waals surface area contributed by atoms with Crippen molar-refractivity contribution < 1.29 is 19.1 Å². The lowest BCUT2D eigenvalue weighted by atomic mass is 10.1. The number of benzene rings is 2. The molecule has 0 bridgehead atoms. The van der Waals surface area contributed by atoms with Crippen LogP contribution in [0, 0.1) is 0 Å². The van der Waals surface area contributed by atoms with E-state index >= 15 is 0 Å². The third kappa shape index (κ3) is 4.44. The second kappa shape index (κ2) is 9.26. The van der Waals surface area contributed by atoms with Gasteiger partial charge in [-0.3, -0.25) is 9.59 Å². The van der Waals surface area contributed by atoms with E-state index < -0.39 is 0 Å². The van der Waals surface area contributed by atoms with Crippen LogP contribution in [-0.4, -0.2) is 43.5 Å². The summed E-state index contributed by atoms with van der Waals surface area (Å²) in [5, 5.41) is 2.87. The monoisotopic (exact) mass is 382 g/mol. The van der Waals surface area contributed by atoms with E-state index in [9.17, 15) is 9.59 Å². The fraction of sp³-hybridized carbons (Fsp3) is 0.364. The Bertz CT molecular complexity index is 844. The molecular weight excluding hydrogens is 356 g/mol. The molecule has 6 heteroatoms. The van der Waals surface area contributed by atoms with Gasteiger partial charge in [0.1, 0.15) is 0 Å². The third-order valence-corrected chi connectivity index (χ3v) is 4.77. The minimum absolute atomic E-state index is 0.0418. The van der Waals surface area contributed by atoms with Crippen molar-refractivity contribution in [3.63, 3.8) is 0 Å². The van der Waals surface area contributed by atoms with Gasteiger partial charge in [0, 0.05) is 18.7 Å².